The van der Waals surface area contributed by atoms with Gasteiger partial charge in [-0.05, 0) is 36.2 Å². The Morgan fingerprint density at radius 1 is 1.10 bits per heavy atom. The van der Waals surface area contributed by atoms with Gasteiger partial charge in [-0.1, -0.05) is 30.3 Å². The number of ether oxygens (including phenoxy) is 1. The molecule has 1 aromatic heterocycles. The largest absolute Gasteiger partial charge is 0.485 e. The highest BCUT2D eigenvalue weighted by Crippen LogP contribution is 2.32. The third-order valence-electron chi connectivity index (χ3n) is 3.47. The van der Waals surface area contributed by atoms with Gasteiger partial charge in [-0.3, -0.25) is 0 Å². The van der Waals surface area contributed by atoms with Gasteiger partial charge in [0.1, 0.15) is 6.61 Å². The van der Waals surface area contributed by atoms with E-state index in [1.54, 1.807) is 6.07 Å². The molecule has 0 aliphatic heterocycles. The van der Waals surface area contributed by atoms with Gasteiger partial charge >= 0.3 is 0 Å². The zero-order valence-corrected chi connectivity index (χ0v) is 11.6. The fourth-order valence-electron chi connectivity index (χ4n) is 2.46. The number of nitrogens with two attached hydrogens (primary N) is 1. The van der Waals surface area contributed by atoms with Crippen LogP contribution in [0.2, 0.25) is 0 Å². The second-order valence-electron chi connectivity index (χ2n) is 4.93. The number of benzene rings is 2. The quantitative estimate of drug-likeness (QED) is 0.754. The molecule has 108 valence electrons. The number of halogens is 1. The van der Waals surface area contributed by atoms with Crippen LogP contribution in [0.4, 0.5) is 4.39 Å². The summed E-state index contributed by atoms with van der Waals surface area (Å²) in [5, 5.41) is 0.788. The summed E-state index contributed by atoms with van der Waals surface area (Å²) in [6, 6.07) is 12.9. The zero-order valence-electron chi connectivity index (χ0n) is 11.6. The van der Waals surface area contributed by atoms with Crippen LogP contribution in [0.5, 0.6) is 5.75 Å². The number of H-pyrrole nitrogens is 1. The first-order valence-corrected chi connectivity index (χ1v) is 6.95. The van der Waals surface area contributed by atoms with Gasteiger partial charge in [-0.15, -0.1) is 0 Å². The van der Waals surface area contributed by atoms with Gasteiger partial charge in [0.15, 0.2) is 11.6 Å². The van der Waals surface area contributed by atoms with E-state index in [1.807, 2.05) is 36.5 Å². The smallest absolute Gasteiger partial charge is 0.165 e. The predicted octanol–water partition coefficient (Wildman–Crippen LogP) is 3.39. The topological polar surface area (TPSA) is 51.0 Å². The number of hydrogen-bond acceptors (Lipinski definition) is 2. The highest BCUT2D eigenvalue weighted by Gasteiger charge is 2.14. The summed E-state index contributed by atoms with van der Waals surface area (Å²) in [5.74, 6) is -0.0580. The molecule has 0 unspecified atom stereocenters. The zero-order chi connectivity index (χ0) is 14.7. The molecule has 3 rings (SSSR count). The Bertz CT molecular complexity index is 737. The van der Waals surface area contributed by atoms with Crippen molar-refractivity contribution in [2.75, 3.05) is 6.54 Å². The SMILES string of the molecule is NCCc1c[nH]c2ccc(F)c(OCc3ccccc3)c12. The molecular weight excluding hydrogens is 267 g/mol. The summed E-state index contributed by atoms with van der Waals surface area (Å²) in [6.45, 7) is 0.853. The Morgan fingerprint density at radius 3 is 2.67 bits per heavy atom. The molecular formula is C17H17FN2O. The summed E-state index contributed by atoms with van der Waals surface area (Å²) in [4.78, 5) is 3.14. The molecule has 0 aliphatic rings. The first-order chi connectivity index (χ1) is 10.3. The lowest BCUT2D eigenvalue weighted by Gasteiger charge is -2.10. The standard InChI is InChI=1S/C17H17FN2O/c18-14-6-7-15-16(13(8-9-19)10-20-15)17(14)21-11-12-4-2-1-3-5-12/h1-7,10,20H,8-9,11,19H2. The third-order valence-corrected chi connectivity index (χ3v) is 3.47. The van der Waals surface area contributed by atoms with Gasteiger partial charge in [0.2, 0.25) is 0 Å². The highest BCUT2D eigenvalue weighted by atomic mass is 19.1. The molecule has 0 amide bonds. The predicted molar refractivity (Wildman–Crippen MR) is 81.8 cm³/mol. The van der Waals surface area contributed by atoms with E-state index in [-0.39, 0.29) is 5.82 Å². The molecule has 3 nitrogen and oxygen atoms in total. The Kier molecular flexibility index (Phi) is 3.88. The second kappa shape index (κ2) is 5.97. The molecule has 0 radical (unpaired) electrons. The summed E-state index contributed by atoms with van der Waals surface area (Å²) < 4.78 is 19.9. The maximum absolute atomic E-state index is 14.2. The molecule has 0 saturated heterocycles. The number of aromatic amines is 1. The summed E-state index contributed by atoms with van der Waals surface area (Å²) in [5.41, 5.74) is 8.47. The van der Waals surface area contributed by atoms with Gasteiger partial charge in [0, 0.05) is 17.1 Å². The van der Waals surface area contributed by atoms with Crippen molar-refractivity contribution in [2.24, 2.45) is 5.73 Å². The van der Waals surface area contributed by atoms with Gasteiger partial charge in [0.25, 0.3) is 0 Å². The van der Waals surface area contributed by atoms with Crippen LogP contribution in [0.25, 0.3) is 10.9 Å². The average molecular weight is 284 g/mol. The maximum Gasteiger partial charge on any atom is 0.165 e. The molecule has 3 N–H and O–H groups in total. The van der Waals surface area contributed by atoms with E-state index < -0.39 is 0 Å². The van der Waals surface area contributed by atoms with Crippen LogP contribution in [0.1, 0.15) is 11.1 Å². The van der Waals surface area contributed by atoms with Crippen molar-refractivity contribution >= 4 is 10.9 Å². The van der Waals surface area contributed by atoms with Crippen LogP contribution < -0.4 is 10.5 Å². The van der Waals surface area contributed by atoms with Crippen molar-refractivity contribution in [3.05, 3.63) is 65.6 Å². The van der Waals surface area contributed by atoms with Gasteiger partial charge < -0.3 is 15.5 Å². The van der Waals surface area contributed by atoms with E-state index in [0.29, 0.717) is 25.3 Å². The van der Waals surface area contributed by atoms with Crippen molar-refractivity contribution in [1.29, 1.82) is 0 Å². The lowest BCUT2D eigenvalue weighted by molar-refractivity contribution is 0.294. The van der Waals surface area contributed by atoms with Crippen LogP contribution in [-0.2, 0) is 13.0 Å². The summed E-state index contributed by atoms with van der Waals surface area (Å²) in [6.07, 6.45) is 2.55. The van der Waals surface area contributed by atoms with E-state index in [0.717, 1.165) is 22.0 Å². The lowest BCUT2D eigenvalue weighted by Crippen LogP contribution is -2.03. The Hall–Kier alpha value is -2.33. The van der Waals surface area contributed by atoms with E-state index in [1.165, 1.54) is 6.07 Å². The highest BCUT2D eigenvalue weighted by molar-refractivity contribution is 5.89. The Balaban J connectivity index is 1.96. The molecule has 0 aliphatic carbocycles. The van der Waals surface area contributed by atoms with E-state index in [2.05, 4.69) is 4.98 Å². The summed E-state index contributed by atoms with van der Waals surface area (Å²) >= 11 is 0. The first kappa shape index (κ1) is 13.6. The third kappa shape index (κ3) is 2.76. The number of hydrogen-bond donors (Lipinski definition) is 2. The number of nitrogens with one attached hydrogen (secondary N) is 1. The van der Waals surface area contributed by atoms with E-state index >= 15 is 0 Å². The average Bonchev–Trinajstić information content (AvgIpc) is 2.91. The minimum atomic E-state index is -0.351. The van der Waals surface area contributed by atoms with Crippen molar-refractivity contribution in [1.82, 2.24) is 4.98 Å². The molecule has 0 fully saturated rings. The maximum atomic E-state index is 14.2. The molecule has 0 saturated carbocycles. The van der Waals surface area contributed by atoms with E-state index in [4.69, 9.17) is 10.5 Å². The van der Waals surface area contributed by atoms with Crippen LogP contribution in [-0.4, -0.2) is 11.5 Å². The molecule has 3 aromatic rings. The normalized spacial score (nSPS) is 11.0. The molecule has 4 heteroatoms. The molecule has 0 spiro atoms. The van der Waals surface area contributed by atoms with Crippen LogP contribution >= 0.6 is 0 Å². The Labute approximate surface area is 122 Å². The lowest BCUT2D eigenvalue weighted by atomic mass is 10.1. The molecule has 2 aromatic carbocycles. The first-order valence-electron chi connectivity index (χ1n) is 6.95. The Morgan fingerprint density at radius 2 is 1.90 bits per heavy atom. The fourth-order valence-corrected chi connectivity index (χ4v) is 2.46. The second-order valence-corrected chi connectivity index (χ2v) is 4.93. The molecule has 0 bridgehead atoms. The van der Waals surface area contributed by atoms with Gasteiger partial charge in [-0.25, -0.2) is 4.39 Å². The van der Waals surface area contributed by atoms with Gasteiger partial charge in [-0.2, -0.15) is 0 Å². The van der Waals surface area contributed by atoms with Crippen molar-refractivity contribution in [3.8, 4) is 5.75 Å². The van der Waals surface area contributed by atoms with Crippen molar-refractivity contribution in [2.45, 2.75) is 13.0 Å². The van der Waals surface area contributed by atoms with E-state index in [9.17, 15) is 4.39 Å². The fraction of sp³-hybridized carbons (Fsp3) is 0.176. The van der Waals surface area contributed by atoms with Crippen LogP contribution in [0, 0.1) is 5.82 Å². The number of aromatic nitrogens is 1. The molecule has 0 atom stereocenters. The van der Waals surface area contributed by atoms with Crippen molar-refractivity contribution < 1.29 is 9.13 Å². The molecule has 1 heterocycles. The van der Waals surface area contributed by atoms with Crippen LogP contribution in [0.15, 0.2) is 48.7 Å². The minimum Gasteiger partial charge on any atom is -0.485 e. The molecule has 21 heavy (non-hydrogen) atoms. The number of fused-ring (bicyclic) bond motifs is 1. The van der Waals surface area contributed by atoms with Crippen molar-refractivity contribution in [3.63, 3.8) is 0 Å². The number of rotatable bonds is 5. The summed E-state index contributed by atoms with van der Waals surface area (Å²) in [7, 11) is 0. The monoisotopic (exact) mass is 284 g/mol. The van der Waals surface area contributed by atoms with Gasteiger partial charge in [0.05, 0.1) is 0 Å². The van der Waals surface area contributed by atoms with Crippen LogP contribution in [0.3, 0.4) is 0 Å². The minimum absolute atomic E-state index is 0.293.